The summed E-state index contributed by atoms with van der Waals surface area (Å²) in [7, 11) is -1.96. The molecule has 7 nitrogen and oxygen atoms in total. The van der Waals surface area contributed by atoms with E-state index in [2.05, 4.69) is 4.65 Å². The summed E-state index contributed by atoms with van der Waals surface area (Å²) < 4.78 is 3.46. The van der Waals surface area contributed by atoms with Gasteiger partial charge in [0, 0.05) is 0 Å². The summed E-state index contributed by atoms with van der Waals surface area (Å²) in [4.78, 5) is 0. The molecule has 9 heteroatoms. The quantitative estimate of drug-likeness (QED) is 0.294. The Morgan fingerprint density at radius 2 is 1.50 bits per heavy atom. The molecular formula is CH9BNNaO6. The van der Waals surface area contributed by atoms with Gasteiger partial charge in [-0.1, -0.05) is 0 Å². The molecule has 0 heterocycles. The molecule has 0 fully saturated rings. The molecule has 0 unspecified atom stereocenters. The molecule has 0 rings (SSSR count). The molecule has 0 amide bonds. The first-order valence-electron chi connectivity index (χ1n) is 1.18. The van der Waals surface area contributed by atoms with Crippen LogP contribution in [-0.2, 0) is 4.65 Å². The second-order valence-corrected chi connectivity index (χ2v) is 0.535. The normalized spacial score (nSPS) is 3.70. The third-order valence-corrected chi connectivity index (χ3v) is 0.158. The van der Waals surface area contributed by atoms with E-state index in [1.807, 2.05) is 0 Å². The Labute approximate surface area is 79.6 Å². The summed E-state index contributed by atoms with van der Waals surface area (Å²) >= 11 is 0. The van der Waals surface area contributed by atoms with Crippen molar-refractivity contribution in [2.45, 2.75) is 0 Å². The van der Waals surface area contributed by atoms with Gasteiger partial charge < -0.3 is 31.1 Å². The van der Waals surface area contributed by atoms with Crippen LogP contribution in [0, 0.1) is 11.5 Å². The van der Waals surface area contributed by atoms with Crippen molar-refractivity contribution < 1.29 is 31.1 Å². The summed E-state index contributed by atoms with van der Waals surface area (Å²) in [6.45, 7) is 0. The van der Waals surface area contributed by atoms with Gasteiger partial charge in [0.1, 0.15) is 0 Å². The zero-order valence-electron chi connectivity index (χ0n) is 4.33. The van der Waals surface area contributed by atoms with Crippen molar-refractivity contribution in [3.8, 4) is 6.26 Å². The average molecular weight is 165 g/mol. The molecule has 0 spiro atoms. The van der Waals surface area contributed by atoms with Gasteiger partial charge in [0.25, 0.3) is 6.26 Å². The van der Waals surface area contributed by atoms with Crippen molar-refractivity contribution in [1.82, 2.24) is 0 Å². The van der Waals surface area contributed by atoms with E-state index in [9.17, 15) is 0 Å². The molecule has 0 aromatic rings. The van der Waals surface area contributed by atoms with Crippen LogP contribution in [0.3, 0.4) is 0 Å². The molecule has 0 bridgehead atoms. The molecule has 0 aliphatic carbocycles. The zero-order chi connectivity index (χ0) is 4.99. The Morgan fingerprint density at radius 1 is 1.20 bits per heavy atom. The molecule has 0 saturated heterocycles. The van der Waals surface area contributed by atoms with Crippen LogP contribution in [0.5, 0.6) is 0 Å². The molecule has 0 aliphatic heterocycles. The summed E-state index contributed by atoms with van der Waals surface area (Å²) in [5, 5.41) is 22.8. The predicted octanol–water partition coefficient (Wildman–Crippen LogP) is -4.67. The van der Waals surface area contributed by atoms with Crippen LogP contribution in [0.15, 0.2) is 0 Å². The second-order valence-electron chi connectivity index (χ2n) is 0.535. The molecular weight excluding hydrogens is 156 g/mol. The van der Waals surface area contributed by atoms with Gasteiger partial charge in [0.15, 0.2) is 0 Å². The molecule has 0 saturated carbocycles. The fourth-order valence-corrected chi connectivity index (χ4v) is 0.0471. The first-order chi connectivity index (χ1) is 2.77. The van der Waals surface area contributed by atoms with Crippen molar-refractivity contribution in [2.75, 3.05) is 0 Å². The van der Waals surface area contributed by atoms with Gasteiger partial charge in [-0.05, 0) is 0 Å². The van der Waals surface area contributed by atoms with Crippen molar-refractivity contribution in [1.29, 1.82) is 5.26 Å². The molecule has 58 valence electrons. The summed E-state index contributed by atoms with van der Waals surface area (Å²) in [6, 6.07) is 0. The van der Waals surface area contributed by atoms with Crippen LogP contribution in [0.2, 0.25) is 0 Å². The van der Waals surface area contributed by atoms with Crippen LogP contribution in [0.1, 0.15) is 0 Å². The molecule has 0 radical (unpaired) electrons. The van der Waals surface area contributed by atoms with E-state index in [0.29, 0.717) is 0 Å². The standard InChI is InChI=1S/CH2BNO3.Na.3H2O.H/c3-1-6-2(4)5;;;;;/h4-5H;;3*1H2;. The van der Waals surface area contributed by atoms with Crippen LogP contribution >= 0.6 is 0 Å². The number of hydrogen-bond donors (Lipinski definition) is 2. The molecule has 0 aromatic carbocycles. The number of nitrogens with zero attached hydrogens (tertiary/aromatic N) is 1. The summed E-state index contributed by atoms with van der Waals surface area (Å²) in [6.07, 6.45) is 1.07. The zero-order valence-corrected chi connectivity index (χ0v) is 4.33. The van der Waals surface area contributed by atoms with E-state index < -0.39 is 7.32 Å². The van der Waals surface area contributed by atoms with Gasteiger partial charge in [-0.25, -0.2) is 0 Å². The minimum absolute atomic E-state index is 0. The topological polar surface area (TPSA) is 168 Å². The second kappa shape index (κ2) is 22.9. The summed E-state index contributed by atoms with van der Waals surface area (Å²) in [5.74, 6) is 0. The van der Waals surface area contributed by atoms with Gasteiger partial charge in [-0.3, -0.25) is 0 Å². The first kappa shape index (κ1) is 32.0. The van der Waals surface area contributed by atoms with E-state index >= 15 is 0 Å². The fraction of sp³-hybridized carbons (Fsp3) is 0. The third kappa shape index (κ3) is 41.9. The van der Waals surface area contributed by atoms with E-state index in [-0.39, 0.29) is 46.0 Å². The summed E-state index contributed by atoms with van der Waals surface area (Å²) in [5.41, 5.74) is 0. The van der Waals surface area contributed by atoms with Crippen molar-refractivity contribution in [3.05, 3.63) is 0 Å². The third-order valence-electron chi connectivity index (χ3n) is 0.158. The number of hydrogen-bond acceptors (Lipinski definition) is 4. The maximum atomic E-state index is 7.66. The predicted molar refractivity (Wildman–Crippen MR) is 34.9 cm³/mol. The number of rotatable bonds is 1. The fourth-order valence-electron chi connectivity index (χ4n) is 0.0471. The van der Waals surface area contributed by atoms with E-state index in [0.717, 1.165) is 6.26 Å². The Hall–Kier alpha value is 0.155. The maximum absolute atomic E-state index is 7.66. The van der Waals surface area contributed by atoms with Crippen LogP contribution in [0.4, 0.5) is 0 Å². The Bertz CT molecular complexity index is 72.6. The molecule has 0 atom stereocenters. The van der Waals surface area contributed by atoms with E-state index in [1.54, 1.807) is 0 Å². The van der Waals surface area contributed by atoms with Crippen LogP contribution in [0.25, 0.3) is 0 Å². The van der Waals surface area contributed by atoms with Crippen LogP contribution < -0.4 is 0 Å². The molecule has 10 heavy (non-hydrogen) atoms. The first-order valence-corrected chi connectivity index (χ1v) is 1.18. The van der Waals surface area contributed by atoms with E-state index in [1.165, 1.54) is 0 Å². The van der Waals surface area contributed by atoms with E-state index in [4.69, 9.17) is 15.3 Å². The van der Waals surface area contributed by atoms with Crippen molar-refractivity contribution in [3.63, 3.8) is 0 Å². The van der Waals surface area contributed by atoms with Gasteiger partial charge in [-0.15, -0.1) is 0 Å². The number of nitriles is 1. The van der Waals surface area contributed by atoms with Gasteiger partial charge in [0.05, 0.1) is 0 Å². The van der Waals surface area contributed by atoms with Gasteiger partial charge in [-0.2, -0.15) is 5.26 Å². The van der Waals surface area contributed by atoms with Crippen molar-refractivity contribution >= 4 is 36.9 Å². The van der Waals surface area contributed by atoms with Crippen LogP contribution in [-0.4, -0.2) is 63.4 Å². The average Bonchev–Trinajstić information content (AvgIpc) is 1.35. The minimum atomic E-state index is -1.96. The van der Waals surface area contributed by atoms with Gasteiger partial charge in [0.2, 0.25) is 0 Å². The molecule has 0 aromatic heterocycles. The SMILES string of the molecule is N#COB(O)O.O.O.O.[NaH]. The molecule has 8 N–H and O–H groups in total. The molecule has 0 aliphatic rings. The Morgan fingerprint density at radius 3 is 1.50 bits per heavy atom. The van der Waals surface area contributed by atoms with Gasteiger partial charge >= 0.3 is 36.9 Å². The Balaban J connectivity index is -0.0000000208. The monoisotopic (exact) mass is 165 g/mol. The Kier molecular flexibility index (Phi) is 73.4. The van der Waals surface area contributed by atoms with Crippen molar-refractivity contribution in [2.24, 2.45) is 0 Å².